The minimum atomic E-state index is -0.842. The zero-order valence-electron chi connectivity index (χ0n) is 12.1. The molecule has 1 aliphatic heterocycles. The van der Waals surface area contributed by atoms with Crippen molar-refractivity contribution in [3.63, 3.8) is 0 Å². The fraction of sp³-hybridized carbons (Fsp3) is 0.462. The van der Waals surface area contributed by atoms with Crippen molar-refractivity contribution >= 4 is 17.7 Å². The third kappa shape index (κ3) is 2.81. The maximum atomic E-state index is 11.9. The van der Waals surface area contributed by atoms with Crippen molar-refractivity contribution in [3.05, 3.63) is 23.2 Å². The van der Waals surface area contributed by atoms with Gasteiger partial charge < -0.3 is 4.42 Å². The molecule has 114 valence electrons. The van der Waals surface area contributed by atoms with Crippen LogP contribution in [0, 0.1) is 6.92 Å². The fourth-order valence-corrected chi connectivity index (χ4v) is 2.19. The Morgan fingerprint density at radius 1 is 1.52 bits per heavy atom. The van der Waals surface area contributed by atoms with Crippen LogP contribution < -0.4 is 16.6 Å². The van der Waals surface area contributed by atoms with Gasteiger partial charge >= 0.3 is 5.91 Å². The molecule has 1 fully saturated rings. The lowest BCUT2D eigenvalue weighted by atomic mass is 9.98. The highest BCUT2D eigenvalue weighted by molar-refractivity contribution is 6.02. The minimum absolute atomic E-state index is 0.0803. The predicted octanol–water partition coefficient (Wildman–Crippen LogP) is -0.571. The summed E-state index contributed by atoms with van der Waals surface area (Å²) in [5.41, 5.74) is 1.80. The van der Waals surface area contributed by atoms with E-state index in [9.17, 15) is 14.4 Å². The Balaban J connectivity index is 2.23. The van der Waals surface area contributed by atoms with E-state index in [0.29, 0.717) is 11.3 Å². The Bertz CT molecular complexity index is 605. The van der Waals surface area contributed by atoms with Crippen molar-refractivity contribution in [1.29, 1.82) is 0 Å². The van der Waals surface area contributed by atoms with Crippen LogP contribution in [0.2, 0.25) is 0 Å². The number of nitrogens with one attached hydrogen (secondary N) is 2. The molecule has 0 atom stereocenters. The lowest BCUT2D eigenvalue weighted by Gasteiger charge is -2.39. The van der Waals surface area contributed by atoms with E-state index in [4.69, 9.17) is 10.3 Å². The molecule has 2 heterocycles. The highest BCUT2D eigenvalue weighted by atomic mass is 16.4. The molecule has 1 aliphatic rings. The number of hydrazine groups is 1. The molecule has 0 radical (unpaired) electrons. The number of imide groups is 1. The van der Waals surface area contributed by atoms with E-state index < -0.39 is 11.4 Å². The molecule has 0 aromatic carbocycles. The number of hydrogen-bond donors (Lipinski definition) is 3. The van der Waals surface area contributed by atoms with Gasteiger partial charge in [0.25, 0.3) is 0 Å². The quantitative estimate of drug-likeness (QED) is 0.297. The van der Waals surface area contributed by atoms with E-state index in [-0.39, 0.29) is 30.7 Å². The Hall–Kier alpha value is -2.19. The molecule has 0 bridgehead atoms. The van der Waals surface area contributed by atoms with E-state index in [1.807, 2.05) is 5.43 Å². The molecular weight excluding hydrogens is 276 g/mol. The van der Waals surface area contributed by atoms with Gasteiger partial charge in [0.1, 0.15) is 5.76 Å². The molecule has 2 rings (SSSR count). The summed E-state index contributed by atoms with van der Waals surface area (Å²) in [6, 6.07) is 1.69. The van der Waals surface area contributed by atoms with Crippen LogP contribution in [0.1, 0.15) is 35.7 Å². The van der Waals surface area contributed by atoms with Crippen molar-refractivity contribution in [2.75, 3.05) is 6.54 Å². The summed E-state index contributed by atoms with van der Waals surface area (Å²) < 4.78 is 5.46. The van der Waals surface area contributed by atoms with Crippen LogP contribution in [0.4, 0.5) is 0 Å². The van der Waals surface area contributed by atoms with E-state index >= 15 is 0 Å². The van der Waals surface area contributed by atoms with Gasteiger partial charge in [-0.1, -0.05) is 0 Å². The van der Waals surface area contributed by atoms with Crippen LogP contribution in [0.15, 0.2) is 10.5 Å². The topological polar surface area (TPSA) is 118 Å². The molecule has 8 nitrogen and oxygen atoms in total. The van der Waals surface area contributed by atoms with Gasteiger partial charge in [0.05, 0.1) is 18.6 Å². The van der Waals surface area contributed by atoms with Gasteiger partial charge in [-0.2, -0.15) is 0 Å². The summed E-state index contributed by atoms with van der Waals surface area (Å²) in [5, 5.41) is 2.30. The van der Waals surface area contributed by atoms with Crippen molar-refractivity contribution in [3.8, 4) is 0 Å². The van der Waals surface area contributed by atoms with Crippen LogP contribution in [0.25, 0.3) is 0 Å². The number of nitrogens with zero attached hydrogens (tertiary/aromatic N) is 1. The Kier molecular flexibility index (Phi) is 3.84. The van der Waals surface area contributed by atoms with Gasteiger partial charge in [-0.3, -0.25) is 30.0 Å². The molecule has 0 saturated carbocycles. The van der Waals surface area contributed by atoms with Crippen LogP contribution >= 0.6 is 0 Å². The van der Waals surface area contributed by atoms with Gasteiger partial charge in [0.2, 0.25) is 11.8 Å². The van der Waals surface area contributed by atoms with Crippen molar-refractivity contribution in [1.82, 2.24) is 15.6 Å². The van der Waals surface area contributed by atoms with Gasteiger partial charge in [0, 0.05) is 5.56 Å². The monoisotopic (exact) mass is 294 g/mol. The van der Waals surface area contributed by atoms with Gasteiger partial charge in [-0.25, -0.2) is 5.84 Å². The number of carbonyl (C=O) groups excluding carboxylic acids is 3. The molecule has 0 aliphatic carbocycles. The van der Waals surface area contributed by atoms with Crippen molar-refractivity contribution in [2.24, 2.45) is 5.84 Å². The van der Waals surface area contributed by atoms with E-state index in [1.54, 1.807) is 31.7 Å². The second-order valence-electron chi connectivity index (χ2n) is 5.49. The van der Waals surface area contributed by atoms with Gasteiger partial charge in [-0.15, -0.1) is 0 Å². The number of piperazine rings is 1. The Morgan fingerprint density at radius 2 is 2.19 bits per heavy atom. The van der Waals surface area contributed by atoms with Crippen LogP contribution in [0.5, 0.6) is 0 Å². The third-order valence-corrected chi connectivity index (χ3v) is 3.59. The number of aryl methyl sites for hydroxylation is 1. The first kappa shape index (κ1) is 15.2. The standard InChI is InChI=1S/C13H18N4O4/c1-7-4-8(21-10(7)11(19)16-14)5-17-6-9(18)15-12(20)13(17,2)3/h4H,5-6,14H2,1-3H3,(H,16,19)(H,15,18,20). The first-order valence-corrected chi connectivity index (χ1v) is 6.45. The zero-order valence-corrected chi connectivity index (χ0v) is 12.1. The average molecular weight is 294 g/mol. The highest BCUT2D eigenvalue weighted by Crippen LogP contribution is 2.23. The maximum Gasteiger partial charge on any atom is 0.301 e. The van der Waals surface area contributed by atoms with E-state index in [2.05, 4.69) is 5.32 Å². The van der Waals surface area contributed by atoms with E-state index in [0.717, 1.165) is 0 Å². The lowest BCUT2D eigenvalue weighted by Crippen LogP contribution is -2.63. The second kappa shape index (κ2) is 5.30. The second-order valence-corrected chi connectivity index (χ2v) is 5.49. The number of furan rings is 1. The first-order chi connectivity index (χ1) is 9.75. The molecular formula is C13H18N4O4. The number of carbonyl (C=O) groups is 3. The molecule has 0 unspecified atom stereocenters. The smallest absolute Gasteiger partial charge is 0.301 e. The molecule has 1 saturated heterocycles. The maximum absolute atomic E-state index is 11.9. The largest absolute Gasteiger partial charge is 0.454 e. The summed E-state index contributed by atoms with van der Waals surface area (Å²) in [6.45, 7) is 5.48. The molecule has 4 N–H and O–H groups in total. The lowest BCUT2D eigenvalue weighted by molar-refractivity contribution is -0.145. The molecule has 3 amide bonds. The summed E-state index contributed by atoms with van der Waals surface area (Å²) >= 11 is 0. The number of hydrogen-bond acceptors (Lipinski definition) is 6. The van der Waals surface area contributed by atoms with Gasteiger partial charge in [0.15, 0.2) is 5.76 Å². The van der Waals surface area contributed by atoms with Crippen molar-refractivity contribution < 1.29 is 18.8 Å². The number of amides is 3. The van der Waals surface area contributed by atoms with Crippen LogP contribution in [-0.4, -0.2) is 34.7 Å². The minimum Gasteiger partial charge on any atom is -0.454 e. The summed E-state index contributed by atoms with van der Waals surface area (Å²) in [6.07, 6.45) is 0. The van der Waals surface area contributed by atoms with E-state index in [1.165, 1.54) is 0 Å². The highest BCUT2D eigenvalue weighted by Gasteiger charge is 2.41. The molecule has 8 heteroatoms. The molecule has 1 aromatic rings. The summed E-state index contributed by atoms with van der Waals surface area (Å²) in [4.78, 5) is 36.6. The van der Waals surface area contributed by atoms with Crippen LogP contribution in [0.3, 0.4) is 0 Å². The average Bonchev–Trinajstić information content (AvgIpc) is 2.76. The molecule has 21 heavy (non-hydrogen) atoms. The summed E-state index contributed by atoms with van der Waals surface area (Å²) in [5.74, 6) is 4.45. The number of nitrogens with two attached hydrogens (primary N) is 1. The van der Waals surface area contributed by atoms with Crippen LogP contribution in [-0.2, 0) is 16.1 Å². The first-order valence-electron chi connectivity index (χ1n) is 6.45. The predicted molar refractivity (Wildman–Crippen MR) is 72.7 cm³/mol. The zero-order chi connectivity index (χ0) is 15.8. The summed E-state index contributed by atoms with van der Waals surface area (Å²) in [7, 11) is 0. The molecule has 1 aromatic heterocycles. The van der Waals surface area contributed by atoms with Crippen molar-refractivity contribution in [2.45, 2.75) is 32.9 Å². The fourth-order valence-electron chi connectivity index (χ4n) is 2.19. The van der Waals surface area contributed by atoms with Gasteiger partial charge in [-0.05, 0) is 26.8 Å². The third-order valence-electron chi connectivity index (χ3n) is 3.59. The SMILES string of the molecule is Cc1cc(CN2CC(=O)NC(=O)C2(C)C)oc1C(=O)NN. The Labute approximate surface area is 121 Å². The Morgan fingerprint density at radius 3 is 2.81 bits per heavy atom. The molecule has 0 spiro atoms. The normalized spacial score (nSPS) is 18.5. The number of nitrogen functional groups attached to an aromatic ring is 1. The number of rotatable bonds is 3.